The van der Waals surface area contributed by atoms with Crippen LogP contribution in [-0.2, 0) is 0 Å². The van der Waals surface area contributed by atoms with Crippen LogP contribution in [0.4, 0.5) is 0 Å². The van der Waals surface area contributed by atoms with Crippen LogP contribution in [0.15, 0.2) is 35.1 Å². The van der Waals surface area contributed by atoms with Crippen LogP contribution in [0.1, 0.15) is 24.2 Å². The molecular weight excluding hydrogens is 280 g/mol. The average Bonchev–Trinajstić information content (AvgIpc) is 2.38. The second kappa shape index (κ2) is 5.88. The first-order chi connectivity index (χ1) is 9.47. The zero-order valence-electron chi connectivity index (χ0n) is 11.0. The van der Waals surface area contributed by atoms with Crippen molar-refractivity contribution >= 4 is 16.8 Å². The topological polar surface area (TPSA) is 72.1 Å². The Morgan fingerprint density at radius 1 is 1.35 bits per heavy atom. The number of hydrogen-bond acceptors (Lipinski definition) is 4. The van der Waals surface area contributed by atoms with Gasteiger partial charge in [0.2, 0.25) is 0 Å². The number of H-pyrrole nitrogens is 1. The summed E-state index contributed by atoms with van der Waals surface area (Å²) in [7, 11) is 0. The van der Waals surface area contributed by atoms with Gasteiger partial charge in [-0.25, -0.2) is 5.10 Å². The number of hydrogen-bond donors (Lipinski definition) is 1. The summed E-state index contributed by atoms with van der Waals surface area (Å²) in [5.74, 6) is 0.684. The second-order valence-corrected chi connectivity index (χ2v) is 4.81. The van der Waals surface area contributed by atoms with Gasteiger partial charge in [0.25, 0.3) is 10.8 Å². The van der Waals surface area contributed by atoms with E-state index in [2.05, 4.69) is 10.2 Å². The number of benzene rings is 1. The molecule has 0 unspecified atom stereocenters. The number of aromatic amines is 1. The minimum absolute atomic E-state index is 0.0498. The maximum Gasteiger partial charge on any atom is 0.276 e. The number of carbonyl (C=O) groups is 1. The van der Waals surface area contributed by atoms with Crippen molar-refractivity contribution in [3.63, 3.8) is 0 Å². The Kier molecular flexibility index (Phi) is 4.20. The van der Waals surface area contributed by atoms with E-state index >= 15 is 0 Å². The van der Waals surface area contributed by atoms with Crippen molar-refractivity contribution in [3.05, 3.63) is 46.2 Å². The minimum atomic E-state index is -0.815. The van der Waals surface area contributed by atoms with E-state index in [9.17, 15) is 9.59 Å². The van der Waals surface area contributed by atoms with E-state index in [1.807, 2.05) is 26.0 Å². The van der Waals surface area contributed by atoms with Gasteiger partial charge in [0.05, 0.1) is 11.8 Å². The summed E-state index contributed by atoms with van der Waals surface area (Å²) in [4.78, 5) is 22.6. The molecule has 0 radical (unpaired) electrons. The van der Waals surface area contributed by atoms with Gasteiger partial charge < -0.3 is 4.74 Å². The monoisotopic (exact) mass is 292 g/mol. The van der Waals surface area contributed by atoms with E-state index in [4.69, 9.17) is 16.3 Å². The molecule has 0 saturated heterocycles. The molecule has 2 aromatic rings. The first-order valence-electron chi connectivity index (χ1n) is 6.04. The average molecular weight is 293 g/mol. The number of halogens is 1. The third-order valence-electron chi connectivity index (χ3n) is 2.52. The van der Waals surface area contributed by atoms with Crippen molar-refractivity contribution in [1.82, 2.24) is 10.2 Å². The van der Waals surface area contributed by atoms with Crippen LogP contribution in [0.2, 0.25) is 0 Å². The van der Waals surface area contributed by atoms with Crippen LogP contribution in [0.25, 0.3) is 11.3 Å². The van der Waals surface area contributed by atoms with E-state index < -0.39 is 10.8 Å². The van der Waals surface area contributed by atoms with Crippen LogP contribution < -0.4 is 10.3 Å². The molecule has 20 heavy (non-hydrogen) atoms. The van der Waals surface area contributed by atoms with E-state index in [0.29, 0.717) is 11.4 Å². The molecular formula is C14H13ClN2O3. The Hall–Kier alpha value is -2.14. The first kappa shape index (κ1) is 14.3. The molecule has 0 aliphatic carbocycles. The van der Waals surface area contributed by atoms with Gasteiger partial charge in [-0.15, -0.1) is 0 Å². The normalized spacial score (nSPS) is 10.6. The highest BCUT2D eigenvalue weighted by molar-refractivity contribution is 6.67. The van der Waals surface area contributed by atoms with Crippen LogP contribution in [0.5, 0.6) is 5.75 Å². The predicted octanol–water partition coefficient (Wildman–Crippen LogP) is 2.60. The Bertz CT molecular complexity index is 695. The summed E-state index contributed by atoms with van der Waals surface area (Å²) in [5.41, 5.74) is 0.427. The Morgan fingerprint density at radius 2 is 2.10 bits per heavy atom. The number of ether oxygens (including phenoxy) is 1. The lowest BCUT2D eigenvalue weighted by Crippen LogP contribution is -2.16. The molecule has 1 aromatic carbocycles. The lowest BCUT2D eigenvalue weighted by Gasteiger charge is -2.10. The molecule has 0 spiro atoms. The summed E-state index contributed by atoms with van der Waals surface area (Å²) >= 11 is 5.36. The van der Waals surface area contributed by atoms with Crippen LogP contribution in [0.3, 0.4) is 0 Å². The van der Waals surface area contributed by atoms with Crippen molar-refractivity contribution in [2.75, 3.05) is 0 Å². The number of rotatable bonds is 4. The summed E-state index contributed by atoms with van der Waals surface area (Å²) in [6, 6.07) is 8.58. The number of nitrogens with one attached hydrogen (secondary N) is 1. The van der Waals surface area contributed by atoms with E-state index in [1.54, 1.807) is 12.1 Å². The Labute approximate surface area is 120 Å². The standard InChI is InChI=1S/C14H13ClN2O3/c1-8(2)20-10-5-3-4-9(6-10)12-7-11(13(15)18)14(19)17-16-12/h3-8H,1-2H3,(H,17,19). The highest BCUT2D eigenvalue weighted by Crippen LogP contribution is 2.22. The summed E-state index contributed by atoms with van der Waals surface area (Å²) in [6.07, 6.45) is 0.0498. The van der Waals surface area contributed by atoms with Crippen LogP contribution in [-0.4, -0.2) is 21.5 Å². The van der Waals surface area contributed by atoms with Crippen LogP contribution >= 0.6 is 11.6 Å². The molecule has 0 aliphatic heterocycles. The van der Waals surface area contributed by atoms with Crippen molar-refractivity contribution in [3.8, 4) is 17.0 Å². The van der Waals surface area contributed by atoms with Crippen molar-refractivity contribution < 1.29 is 9.53 Å². The van der Waals surface area contributed by atoms with E-state index in [0.717, 1.165) is 5.56 Å². The third-order valence-corrected chi connectivity index (χ3v) is 2.72. The van der Waals surface area contributed by atoms with Crippen molar-refractivity contribution in [2.45, 2.75) is 20.0 Å². The molecule has 5 nitrogen and oxygen atoms in total. The Balaban J connectivity index is 2.44. The highest BCUT2D eigenvalue weighted by atomic mass is 35.5. The number of nitrogens with zero attached hydrogens (tertiary/aromatic N) is 1. The molecule has 0 fully saturated rings. The van der Waals surface area contributed by atoms with Gasteiger partial charge in [-0.3, -0.25) is 9.59 Å². The van der Waals surface area contributed by atoms with Gasteiger partial charge >= 0.3 is 0 Å². The van der Waals surface area contributed by atoms with E-state index in [1.165, 1.54) is 6.07 Å². The number of aromatic nitrogens is 2. The second-order valence-electron chi connectivity index (χ2n) is 4.46. The smallest absolute Gasteiger partial charge is 0.276 e. The molecule has 0 atom stereocenters. The largest absolute Gasteiger partial charge is 0.491 e. The molecule has 0 amide bonds. The molecule has 0 aliphatic rings. The fourth-order valence-corrected chi connectivity index (χ4v) is 1.84. The van der Waals surface area contributed by atoms with E-state index in [-0.39, 0.29) is 11.7 Å². The maximum absolute atomic E-state index is 11.4. The fourth-order valence-electron chi connectivity index (χ4n) is 1.70. The molecule has 6 heteroatoms. The van der Waals surface area contributed by atoms with Crippen molar-refractivity contribution in [1.29, 1.82) is 0 Å². The molecule has 1 heterocycles. The zero-order chi connectivity index (χ0) is 14.7. The van der Waals surface area contributed by atoms with Gasteiger partial charge in [-0.2, -0.15) is 5.10 Å². The quantitative estimate of drug-likeness (QED) is 0.879. The van der Waals surface area contributed by atoms with Gasteiger partial charge in [-0.1, -0.05) is 12.1 Å². The zero-order valence-corrected chi connectivity index (χ0v) is 11.8. The molecule has 104 valence electrons. The fraction of sp³-hybridized carbons (Fsp3) is 0.214. The number of carbonyl (C=O) groups excluding carboxylic acids is 1. The molecule has 2 rings (SSSR count). The highest BCUT2D eigenvalue weighted by Gasteiger charge is 2.11. The lowest BCUT2D eigenvalue weighted by atomic mass is 10.1. The van der Waals surface area contributed by atoms with Crippen LogP contribution in [0, 0.1) is 0 Å². The molecule has 1 N–H and O–H groups in total. The van der Waals surface area contributed by atoms with Gasteiger partial charge in [0.1, 0.15) is 11.3 Å². The molecule has 0 bridgehead atoms. The predicted molar refractivity (Wildman–Crippen MR) is 76.2 cm³/mol. The summed E-state index contributed by atoms with van der Waals surface area (Å²) in [6.45, 7) is 3.85. The maximum atomic E-state index is 11.4. The van der Waals surface area contributed by atoms with Gasteiger partial charge in [0, 0.05) is 5.56 Å². The van der Waals surface area contributed by atoms with Gasteiger partial charge in [0.15, 0.2) is 0 Å². The first-order valence-corrected chi connectivity index (χ1v) is 6.42. The molecule has 1 aromatic heterocycles. The molecule has 0 saturated carbocycles. The summed E-state index contributed by atoms with van der Waals surface area (Å²) < 4.78 is 5.59. The Morgan fingerprint density at radius 3 is 2.75 bits per heavy atom. The third kappa shape index (κ3) is 3.24. The lowest BCUT2D eigenvalue weighted by molar-refractivity contribution is 0.108. The van der Waals surface area contributed by atoms with Gasteiger partial charge in [-0.05, 0) is 43.6 Å². The minimum Gasteiger partial charge on any atom is -0.491 e. The van der Waals surface area contributed by atoms with Crippen molar-refractivity contribution in [2.24, 2.45) is 0 Å². The summed E-state index contributed by atoms with van der Waals surface area (Å²) in [5, 5.41) is 5.35. The SMILES string of the molecule is CC(C)Oc1cccc(-c2cc(C(=O)Cl)c(=O)[nH]n2)c1.